The number of carbonyl (C=O) groups is 7. The second kappa shape index (κ2) is 18.0. The minimum atomic E-state index is -1.31. The minimum Gasteiger partial charge on any atom is -0.508 e. The van der Waals surface area contributed by atoms with Crippen molar-refractivity contribution in [3.8, 4) is 11.5 Å². The molecule has 16 nitrogen and oxygen atoms in total. The van der Waals surface area contributed by atoms with Gasteiger partial charge < -0.3 is 30.6 Å². The van der Waals surface area contributed by atoms with Gasteiger partial charge in [0.05, 0.1) is 11.5 Å². The van der Waals surface area contributed by atoms with Crippen molar-refractivity contribution in [2.24, 2.45) is 0 Å². The molecule has 3 heterocycles. The first kappa shape index (κ1) is 42.2. The molecule has 0 spiro atoms. The third-order valence-corrected chi connectivity index (χ3v) is 11.0. The van der Waals surface area contributed by atoms with Crippen LogP contribution >= 0.6 is 0 Å². The lowest BCUT2D eigenvalue weighted by atomic mass is 9.84. The topological polar surface area (TPSA) is 230 Å². The number of ketones is 1. The minimum absolute atomic E-state index is 0.00444. The summed E-state index contributed by atoms with van der Waals surface area (Å²) in [6, 6.07) is 13.7. The second-order valence-electron chi connectivity index (χ2n) is 15.3. The molecule has 3 aromatic carbocycles. The standard InChI is InChI=1S/C43H49N7O9/c1-4-45-42(58)39(44)38(40(56)29-20-28(24(2)3)33(51)21-34(29)52)26-10-8-25(9-11-26)22-48-16-18-49(19-17-48)37(55)15-14-35(53)46-31-7-5-6-27-30(31)23-50(43(27)59)32-12-13-36(54)47-41(32)57/h5-11,20-21,24,32,38,44,51-52H,4,12-19,22-23H2,1-3H3,(H,45,58)(H,46,53)(H,47,54,57). The van der Waals surface area contributed by atoms with Gasteiger partial charge in [0.1, 0.15) is 23.3 Å². The fraction of sp³-hybridized carbons (Fsp3) is 0.395. The maximum Gasteiger partial charge on any atom is 0.266 e. The van der Waals surface area contributed by atoms with Gasteiger partial charge in [-0.25, -0.2) is 0 Å². The zero-order valence-corrected chi connectivity index (χ0v) is 33.3. The molecule has 6 rings (SSSR count). The fourth-order valence-electron chi connectivity index (χ4n) is 7.77. The van der Waals surface area contributed by atoms with E-state index < -0.39 is 41.0 Å². The highest BCUT2D eigenvalue weighted by Crippen LogP contribution is 2.36. The number of nitrogens with zero attached hydrogens (tertiary/aromatic N) is 3. The molecule has 6 N–H and O–H groups in total. The molecule has 3 aromatic rings. The van der Waals surface area contributed by atoms with Crippen LogP contribution in [0.25, 0.3) is 0 Å². The molecule has 0 radical (unpaired) electrons. The van der Waals surface area contributed by atoms with Crippen molar-refractivity contribution < 1.29 is 43.8 Å². The predicted octanol–water partition coefficient (Wildman–Crippen LogP) is 3.17. The van der Waals surface area contributed by atoms with Gasteiger partial charge in [-0.2, -0.15) is 0 Å². The van der Waals surface area contributed by atoms with Gasteiger partial charge in [0.2, 0.25) is 23.6 Å². The van der Waals surface area contributed by atoms with Gasteiger partial charge >= 0.3 is 0 Å². The summed E-state index contributed by atoms with van der Waals surface area (Å²) in [5.74, 6) is -5.21. The quantitative estimate of drug-likeness (QED) is 0.0792. The van der Waals surface area contributed by atoms with Gasteiger partial charge in [-0.05, 0) is 54.2 Å². The summed E-state index contributed by atoms with van der Waals surface area (Å²) in [6.07, 6.45) is 0.293. The number of rotatable bonds is 14. The molecule has 2 saturated heterocycles. The van der Waals surface area contributed by atoms with Crippen LogP contribution in [-0.2, 0) is 37.1 Å². The summed E-state index contributed by atoms with van der Waals surface area (Å²) in [7, 11) is 0. The molecule has 16 heteroatoms. The summed E-state index contributed by atoms with van der Waals surface area (Å²) in [6.45, 7) is 8.35. The van der Waals surface area contributed by atoms with E-state index in [-0.39, 0.29) is 79.6 Å². The van der Waals surface area contributed by atoms with E-state index in [4.69, 9.17) is 5.41 Å². The van der Waals surface area contributed by atoms with E-state index in [2.05, 4.69) is 20.9 Å². The number of piperazine rings is 1. The average molecular weight is 808 g/mol. The van der Waals surface area contributed by atoms with Gasteiger partial charge in [-0.1, -0.05) is 44.2 Å². The first-order valence-electron chi connectivity index (χ1n) is 19.8. The monoisotopic (exact) mass is 807 g/mol. The molecule has 310 valence electrons. The Balaban J connectivity index is 1.01. The summed E-state index contributed by atoms with van der Waals surface area (Å²) < 4.78 is 0. The summed E-state index contributed by atoms with van der Waals surface area (Å²) >= 11 is 0. The number of amides is 6. The number of benzene rings is 3. The number of hydrogen-bond acceptors (Lipinski definition) is 11. The number of fused-ring (bicyclic) bond motifs is 1. The zero-order valence-electron chi connectivity index (χ0n) is 33.3. The van der Waals surface area contributed by atoms with E-state index in [0.29, 0.717) is 60.7 Å². The van der Waals surface area contributed by atoms with E-state index in [0.717, 1.165) is 11.6 Å². The van der Waals surface area contributed by atoms with Crippen LogP contribution in [0.3, 0.4) is 0 Å². The number of phenolic OH excluding ortho intramolecular Hbond substituents is 2. The van der Waals surface area contributed by atoms with Gasteiger partial charge in [0, 0.05) is 88.0 Å². The van der Waals surface area contributed by atoms with Crippen molar-refractivity contribution in [2.45, 2.75) is 77.4 Å². The maximum atomic E-state index is 13.9. The normalized spacial score (nSPS) is 17.4. The van der Waals surface area contributed by atoms with Crippen LogP contribution in [0.5, 0.6) is 11.5 Å². The van der Waals surface area contributed by atoms with Crippen LogP contribution in [0.4, 0.5) is 5.69 Å². The van der Waals surface area contributed by atoms with Crippen LogP contribution in [-0.4, -0.2) is 111 Å². The molecule has 0 saturated carbocycles. The molecule has 2 atom stereocenters. The third kappa shape index (κ3) is 9.33. The Labute approximate surface area is 341 Å². The molecular weight excluding hydrogens is 759 g/mol. The Bertz CT molecular complexity index is 2200. The zero-order chi connectivity index (χ0) is 42.5. The lowest BCUT2D eigenvalue weighted by Crippen LogP contribution is -2.52. The van der Waals surface area contributed by atoms with E-state index in [9.17, 15) is 43.8 Å². The number of nitrogens with one attached hydrogen (secondary N) is 4. The molecule has 0 aromatic heterocycles. The Morgan fingerprint density at radius 2 is 1.64 bits per heavy atom. The summed E-state index contributed by atoms with van der Waals surface area (Å²) in [4.78, 5) is 95.3. The average Bonchev–Trinajstić information content (AvgIpc) is 3.54. The number of anilines is 1. The van der Waals surface area contributed by atoms with E-state index in [1.165, 1.54) is 11.0 Å². The number of Topliss-reactive ketones (excluding diaryl/α,β-unsaturated/α-hetero) is 1. The van der Waals surface area contributed by atoms with E-state index in [1.807, 2.05) is 26.0 Å². The van der Waals surface area contributed by atoms with Gasteiger partial charge in [0.25, 0.3) is 11.8 Å². The first-order valence-corrected chi connectivity index (χ1v) is 19.8. The molecule has 6 amide bonds. The molecule has 0 bridgehead atoms. The molecule has 3 aliphatic rings. The first-order chi connectivity index (χ1) is 28.2. The Morgan fingerprint density at radius 1 is 0.932 bits per heavy atom. The number of imide groups is 1. The van der Waals surface area contributed by atoms with Gasteiger partial charge in [-0.15, -0.1) is 0 Å². The molecular formula is C43H49N7O9. The van der Waals surface area contributed by atoms with Crippen molar-refractivity contribution >= 4 is 52.6 Å². The predicted molar refractivity (Wildman–Crippen MR) is 216 cm³/mol. The number of piperidine rings is 1. The largest absolute Gasteiger partial charge is 0.508 e. The summed E-state index contributed by atoms with van der Waals surface area (Å²) in [5.41, 5.74) is 2.57. The van der Waals surface area contributed by atoms with Crippen LogP contribution in [0.1, 0.15) is 101 Å². The SMILES string of the molecule is CCNC(=O)C(=N)C(C(=O)c1cc(C(C)C)c(O)cc1O)c1ccc(CN2CCN(C(=O)CCC(=O)Nc3cccc4c3CN(C3CCC(=O)NC3=O)C4=O)CC2)cc1. The maximum absolute atomic E-state index is 13.9. The van der Waals surface area contributed by atoms with Crippen molar-refractivity contribution in [3.63, 3.8) is 0 Å². The summed E-state index contributed by atoms with van der Waals surface area (Å²) in [5, 5.41) is 37.3. The van der Waals surface area contributed by atoms with Crippen LogP contribution in [0.15, 0.2) is 54.6 Å². The Morgan fingerprint density at radius 3 is 2.31 bits per heavy atom. The highest BCUT2D eigenvalue weighted by molar-refractivity contribution is 6.44. The van der Waals surface area contributed by atoms with Crippen LogP contribution in [0.2, 0.25) is 0 Å². The number of hydrogen-bond donors (Lipinski definition) is 6. The van der Waals surface area contributed by atoms with Crippen LogP contribution in [0, 0.1) is 5.41 Å². The molecule has 2 unspecified atom stereocenters. The molecule has 2 fully saturated rings. The van der Waals surface area contributed by atoms with Gasteiger partial charge in [0.15, 0.2) is 5.78 Å². The van der Waals surface area contributed by atoms with Gasteiger partial charge in [-0.3, -0.25) is 49.2 Å². The molecule has 3 aliphatic heterocycles. The molecule has 59 heavy (non-hydrogen) atoms. The molecule has 0 aliphatic carbocycles. The lowest BCUT2D eigenvalue weighted by Gasteiger charge is -2.35. The van der Waals surface area contributed by atoms with Crippen molar-refractivity contribution in [3.05, 3.63) is 88.0 Å². The number of aromatic hydroxyl groups is 2. The van der Waals surface area contributed by atoms with Crippen molar-refractivity contribution in [1.82, 2.24) is 25.3 Å². The van der Waals surface area contributed by atoms with Crippen molar-refractivity contribution in [2.75, 3.05) is 38.0 Å². The highest BCUT2D eigenvalue weighted by atomic mass is 16.3. The van der Waals surface area contributed by atoms with E-state index >= 15 is 0 Å². The van der Waals surface area contributed by atoms with E-state index in [1.54, 1.807) is 42.2 Å². The fourth-order valence-corrected chi connectivity index (χ4v) is 7.77. The third-order valence-electron chi connectivity index (χ3n) is 11.0. The number of carbonyl (C=O) groups excluding carboxylic acids is 7. The second-order valence-corrected chi connectivity index (χ2v) is 15.3. The Kier molecular flexibility index (Phi) is 12.9. The van der Waals surface area contributed by atoms with Crippen molar-refractivity contribution in [1.29, 1.82) is 5.41 Å². The Hall–Kier alpha value is -6.42. The number of phenols is 2. The van der Waals surface area contributed by atoms with Crippen LogP contribution < -0.4 is 16.0 Å². The smallest absolute Gasteiger partial charge is 0.266 e. The highest BCUT2D eigenvalue weighted by Gasteiger charge is 2.40. The lowest BCUT2D eigenvalue weighted by molar-refractivity contribution is -0.137.